The second kappa shape index (κ2) is 6.78. The average Bonchev–Trinajstić information content (AvgIpc) is 2.39. The lowest BCUT2D eigenvalue weighted by Gasteiger charge is -2.20. The van der Waals surface area contributed by atoms with Crippen LogP contribution in [0.1, 0.15) is 31.1 Å². The van der Waals surface area contributed by atoms with Gasteiger partial charge in [0.1, 0.15) is 5.75 Å². The lowest BCUT2D eigenvalue weighted by molar-refractivity contribution is -0.114. The summed E-state index contributed by atoms with van der Waals surface area (Å²) < 4.78 is 5.21. The standard InChI is InChI=1S/C14H20N2O3/c1-5-16(6-2)14(18)12-9-11(15-10(3)17)7-8-13(12)19-4/h7-9H,5-6H2,1-4H3,(H,15,17). The Balaban J connectivity index is 3.14. The van der Waals surface area contributed by atoms with Crippen molar-refractivity contribution in [2.45, 2.75) is 20.8 Å². The Kier molecular flexibility index (Phi) is 5.36. The van der Waals surface area contributed by atoms with Crippen molar-refractivity contribution in [3.63, 3.8) is 0 Å². The maximum absolute atomic E-state index is 12.4. The first kappa shape index (κ1) is 15.0. The Morgan fingerprint density at radius 2 is 1.89 bits per heavy atom. The Hall–Kier alpha value is -2.04. The fraction of sp³-hybridized carbons (Fsp3) is 0.429. The molecule has 0 atom stereocenters. The van der Waals surface area contributed by atoms with Gasteiger partial charge in [-0.1, -0.05) is 0 Å². The number of rotatable bonds is 5. The molecule has 1 rings (SSSR count). The molecule has 1 aromatic carbocycles. The lowest BCUT2D eigenvalue weighted by atomic mass is 10.1. The molecule has 0 bridgehead atoms. The van der Waals surface area contributed by atoms with E-state index in [-0.39, 0.29) is 11.8 Å². The number of hydrogen-bond donors (Lipinski definition) is 1. The maximum Gasteiger partial charge on any atom is 0.257 e. The molecule has 0 aliphatic heterocycles. The lowest BCUT2D eigenvalue weighted by Crippen LogP contribution is -2.30. The van der Waals surface area contributed by atoms with Gasteiger partial charge in [-0.15, -0.1) is 0 Å². The second-order valence-electron chi connectivity index (χ2n) is 4.07. The highest BCUT2D eigenvalue weighted by Crippen LogP contribution is 2.24. The van der Waals surface area contributed by atoms with Crippen molar-refractivity contribution in [3.05, 3.63) is 23.8 Å². The van der Waals surface area contributed by atoms with Gasteiger partial charge in [0.25, 0.3) is 5.91 Å². The Bertz CT molecular complexity index is 468. The third-order valence-electron chi connectivity index (χ3n) is 2.80. The van der Waals surface area contributed by atoms with Crippen LogP contribution in [0.5, 0.6) is 5.75 Å². The van der Waals surface area contributed by atoms with Gasteiger partial charge in [0.2, 0.25) is 5.91 Å². The molecule has 0 aliphatic rings. The number of nitrogens with one attached hydrogen (secondary N) is 1. The predicted octanol–water partition coefficient (Wildman–Crippen LogP) is 2.14. The maximum atomic E-state index is 12.4. The van der Waals surface area contributed by atoms with Crippen molar-refractivity contribution < 1.29 is 14.3 Å². The minimum absolute atomic E-state index is 0.103. The molecule has 0 saturated carbocycles. The van der Waals surface area contributed by atoms with Crippen LogP contribution in [0.15, 0.2) is 18.2 Å². The number of carbonyl (C=O) groups is 2. The fourth-order valence-corrected chi connectivity index (χ4v) is 1.84. The number of nitrogens with zero attached hydrogens (tertiary/aromatic N) is 1. The van der Waals surface area contributed by atoms with E-state index in [0.29, 0.717) is 30.1 Å². The van der Waals surface area contributed by atoms with Crippen LogP contribution in [0.25, 0.3) is 0 Å². The highest BCUT2D eigenvalue weighted by Gasteiger charge is 2.18. The third kappa shape index (κ3) is 3.71. The van der Waals surface area contributed by atoms with Crippen LogP contribution in [0, 0.1) is 0 Å². The van der Waals surface area contributed by atoms with Gasteiger partial charge in [0, 0.05) is 25.7 Å². The summed E-state index contributed by atoms with van der Waals surface area (Å²) in [6.07, 6.45) is 0. The molecule has 0 fully saturated rings. The molecule has 19 heavy (non-hydrogen) atoms. The zero-order chi connectivity index (χ0) is 14.4. The molecule has 0 aromatic heterocycles. The van der Waals surface area contributed by atoms with E-state index >= 15 is 0 Å². The number of methoxy groups -OCH3 is 1. The Morgan fingerprint density at radius 1 is 1.26 bits per heavy atom. The molecular formula is C14H20N2O3. The second-order valence-corrected chi connectivity index (χ2v) is 4.07. The molecule has 0 saturated heterocycles. The van der Waals surface area contributed by atoms with Crippen molar-refractivity contribution in [1.82, 2.24) is 4.90 Å². The first-order valence-corrected chi connectivity index (χ1v) is 6.28. The van der Waals surface area contributed by atoms with E-state index in [2.05, 4.69) is 5.32 Å². The monoisotopic (exact) mass is 264 g/mol. The molecule has 0 aliphatic carbocycles. The largest absolute Gasteiger partial charge is 0.496 e. The van der Waals surface area contributed by atoms with Crippen LogP contribution in [0.4, 0.5) is 5.69 Å². The van der Waals surface area contributed by atoms with E-state index in [0.717, 1.165) is 0 Å². The van der Waals surface area contributed by atoms with Gasteiger partial charge >= 0.3 is 0 Å². The third-order valence-corrected chi connectivity index (χ3v) is 2.80. The van der Waals surface area contributed by atoms with E-state index in [1.165, 1.54) is 14.0 Å². The van der Waals surface area contributed by atoms with Crippen LogP contribution in [0.3, 0.4) is 0 Å². The normalized spacial score (nSPS) is 9.89. The van der Waals surface area contributed by atoms with Gasteiger partial charge in [0.05, 0.1) is 12.7 Å². The number of anilines is 1. The number of benzene rings is 1. The molecule has 0 radical (unpaired) electrons. The highest BCUT2D eigenvalue weighted by atomic mass is 16.5. The SMILES string of the molecule is CCN(CC)C(=O)c1cc(NC(C)=O)ccc1OC. The summed E-state index contributed by atoms with van der Waals surface area (Å²) in [6, 6.07) is 5.03. The number of ether oxygens (including phenoxy) is 1. The van der Waals surface area contributed by atoms with Gasteiger partial charge in [-0.2, -0.15) is 0 Å². The molecule has 2 amide bonds. The Morgan fingerprint density at radius 3 is 2.37 bits per heavy atom. The molecule has 5 nitrogen and oxygen atoms in total. The first-order valence-electron chi connectivity index (χ1n) is 6.28. The summed E-state index contributed by atoms with van der Waals surface area (Å²) >= 11 is 0. The van der Waals surface area contributed by atoms with E-state index in [9.17, 15) is 9.59 Å². The quantitative estimate of drug-likeness (QED) is 0.886. The van der Waals surface area contributed by atoms with E-state index < -0.39 is 0 Å². The van der Waals surface area contributed by atoms with E-state index in [4.69, 9.17) is 4.74 Å². The van der Waals surface area contributed by atoms with Crippen molar-refractivity contribution in [2.24, 2.45) is 0 Å². The van der Waals surface area contributed by atoms with Gasteiger partial charge in [0.15, 0.2) is 0 Å². The molecule has 104 valence electrons. The minimum atomic E-state index is -0.175. The fourth-order valence-electron chi connectivity index (χ4n) is 1.84. The van der Waals surface area contributed by atoms with Crippen LogP contribution < -0.4 is 10.1 Å². The molecule has 0 spiro atoms. The summed E-state index contributed by atoms with van der Waals surface area (Å²) in [5, 5.41) is 2.66. The summed E-state index contributed by atoms with van der Waals surface area (Å²) in [7, 11) is 1.52. The van der Waals surface area contributed by atoms with E-state index in [1.807, 2.05) is 13.8 Å². The van der Waals surface area contributed by atoms with Gasteiger partial charge in [-0.05, 0) is 32.0 Å². The van der Waals surface area contributed by atoms with Crippen LogP contribution in [-0.2, 0) is 4.79 Å². The summed E-state index contributed by atoms with van der Waals surface area (Å²) in [4.78, 5) is 25.1. The molecular weight excluding hydrogens is 244 g/mol. The Labute approximate surface area is 113 Å². The zero-order valence-electron chi connectivity index (χ0n) is 11.8. The molecule has 0 unspecified atom stereocenters. The van der Waals surface area contributed by atoms with Gasteiger partial charge in [-0.3, -0.25) is 9.59 Å². The van der Waals surface area contributed by atoms with Crippen LogP contribution in [0.2, 0.25) is 0 Å². The van der Waals surface area contributed by atoms with Crippen LogP contribution in [-0.4, -0.2) is 36.9 Å². The summed E-state index contributed by atoms with van der Waals surface area (Å²) in [5.41, 5.74) is 1.04. The van der Waals surface area contributed by atoms with Gasteiger partial charge < -0.3 is 15.0 Å². The minimum Gasteiger partial charge on any atom is -0.496 e. The molecule has 1 N–H and O–H groups in total. The van der Waals surface area contributed by atoms with Crippen molar-refractivity contribution in [1.29, 1.82) is 0 Å². The molecule has 1 aromatic rings. The topological polar surface area (TPSA) is 58.6 Å². The number of carbonyl (C=O) groups excluding carboxylic acids is 2. The zero-order valence-corrected chi connectivity index (χ0v) is 11.8. The van der Waals surface area contributed by atoms with Gasteiger partial charge in [-0.25, -0.2) is 0 Å². The average molecular weight is 264 g/mol. The number of hydrogen-bond acceptors (Lipinski definition) is 3. The summed E-state index contributed by atoms with van der Waals surface area (Å²) in [6.45, 7) is 6.53. The van der Waals surface area contributed by atoms with Crippen molar-refractivity contribution in [2.75, 3.05) is 25.5 Å². The smallest absolute Gasteiger partial charge is 0.257 e. The molecule has 5 heteroatoms. The molecule has 0 heterocycles. The highest BCUT2D eigenvalue weighted by molar-refractivity contribution is 5.99. The van der Waals surface area contributed by atoms with Crippen LogP contribution >= 0.6 is 0 Å². The first-order chi connectivity index (χ1) is 9.03. The van der Waals surface area contributed by atoms with E-state index in [1.54, 1.807) is 23.1 Å². The summed E-state index contributed by atoms with van der Waals surface area (Å²) in [5.74, 6) is 0.228. The number of amides is 2. The predicted molar refractivity (Wildman–Crippen MR) is 74.5 cm³/mol. The van der Waals surface area contributed by atoms with Crippen molar-refractivity contribution in [3.8, 4) is 5.75 Å². The van der Waals surface area contributed by atoms with Crippen molar-refractivity contribution >= 4 is 17.5 Å².